The highest BCUT2D eigenvalue weighted by molar-refractivity contribution is 6.30. The van der Waals surface area contributed by atoms with Gasteiger partial charge in [-0.3, -0.25) is 25.0 Å². The molecule has 2 rings (SSSR count). The largest absolute Gasteiger partial charge is 0.497 e. The Labute approximate surface area is 120 Å². The predicted molar refractivity (Wildman–Crippen MR) is 71.5 cm³/mol. The lowest BCUT2D eigenvalue weighted by molar-refractivity contribution is -0.150. The molecule has 1 aromatic rings. The van der Waals surface area contributed by atoms with E-state index in [0.29, 0.717) is 11.3 Å². The van der Waals surface area contributed by atoms with Crippen LogP contribution in [0.1, 0.15) is 12.5 Å². The average molecular weight is 290 g/mol. The highest BCUT2D eigenvalue weighted by atomic mass is 16.5. The van der Waals surface area contributed by atoms with Crippen molar-refractivity contribution in [2.45, 2.75) is 13.3 Å². The summed E-state index contributed by atoms with van der Waals surface area (Å²) in [4.78, 5) is 47.3. The van der Waals surface area contributed by atoms with Gasteiger partial charge in [0.15, 0.2) is 11.2 Å². The maximum absolute atomic E-state index is 12.1. The normalized spacial score (nSPS) is 17.0. The van der Waals surface area contributed by atoms with Crippen LogP contribution >= 0.6 is 0 Å². The molecule has 1 fully saturated rings. The van der Waals surface area contributed by atoms with Crippen molar-refractivity contribution in [2.75, 3.05) is 7.11 Å². The summed E-state index contributed by atoms with van der Waals surface area (Å²) in [6.07, 6.45) is -0.148. The van der Waals surface area contributed by atoms with Crippen molar-refractivity contribution in [1.29, 1.82) is 0 Å². The quantitative estimate of drug-likeness (QED) is 0.770. The molecule has 110 valence electrons. The molecule has 1 aliphatic heterocycles. The maximum Gasteiger partial charge on any atom is 0.328 e. The molecule has 1 aliphatic rings. The lowest BCUT2D eigenvalue weighted by Crippen LogP contribution is -2.65. The van der Waals surface area contributed by atoms with Crippen LogP contribution < -0.4 is 15.4 Å². The minimum absolute atomic E-state index is 0.148. The van der Waals surface area contributed by atoms with E-state index < -0.39 is 29.0 Å². The number of methoxy groups -OCH3 is 1. The predicted octanol–water partition coefficient (Wildman–Crippen LogP) is 0.179. The lowest BCUT2D eigenvalue weighted by atomic mass is 9.75. The summed E-state index contributed by atoms with van der Waals surface area (Å²) in [5.41, 5.74) is -1.37. The van der Waals surface area contributed by atoms with Crippen molar-refractivity contribution in [1.82, 2.24) is 10.6 Å². The average Bonchev–Trinajstić information content (AvgIpc) is 2.42. The molecule has 0 atom stereocenters. The first-order valence-corrected chi connectivity index (χ1v) is 6.21. The molecule has 1 heterocycles. The summed E-state index contributed by atoms with van der Waals surface area (Å²) in [7, 11) is 1.48. The second-order valence-corrected chi connectivity index (χ2v) is 4.73. The molecule has 21 heavy (non-hydrogen) atoms. The molecule has 0 aromatic heterocycles. The molecule has 0 aliphatic carbocycles. The Morgan fingerprint density at radius 3 is 2.33 bits per heavy atom. The van der Waals surface area contributed by atoms with E-state index in [2.05, 4.69) is 0 Å². The lowest BCUT2D eigenvalue weighted by Gasteiger charge is -2.31. The van der Waals surface area contributed by atoms with Crippen molar-refractivity contribution in [3.63, 3.8) is 0 Å². The van der Waals surface area contributed by atoms with Gasteiger partial charge in [-0.1, -0.05) is 12.1 Å². The number of ketones is 1. The number of imide groups is 2. The number of nitrogens with one attached hydrogen (secondary N) is 2. The number of carbonyl (C=O) groups is 4. The van der Waals surface area contributed by atoms with E-state index in [1.54, 1.807) is 24.3 Å². The van der Waals surface area contributed by atoms with Crippen LogP contribution in [0.5, 0.6) is 5.75 Å². The fourth-order valence-corrected chi connectivity index (χ4v) is 2.25. The number of benzene rings is 1. The van der Waals surface area contributed by atoms with Crippen LogP contribution in [0.3, 0.4) is 0 Å². The third-order valence-electron chi connectivity index (χ3n) is 3.43. The number of barbiturate groups is 1. The van der Waals surface area contributed by atoms with Crippen LogP contribution in [0.2, 0.25) is 0 Å². The van der Waals surface area contributed by atoms with E-state index in [9.17, 15) is 19.2 Å². The summed E-state index contributed by atoms with van der Waals surface area (Å²) < 4.78 is 5.07. The summed E-state index contributed by atoms with van der Waals surface area (Å²) in [5, 5.41) is 3.94. The topological polar surface area (TPSA) is 102 Å². The zero-order valence-corrected chi connectivity index (χ0v) is 11.6. The van der Waals surface area contributed by atoms with Crippen LogP contribution in [0, 0.1) is 5.41 Å². The number of carbonyl (C=O) groups excluding carboxylic acids is 4. The van der Waals surface area contributed by atoms with Crippen molar-refractivity contribution >= 4 is 23.6 Å². The van der Waals surface area contributed by atoms with Gasteiger partial charge in [0.2, 0.25) is 0 Å². The highest BCUT2D eigenvalue weighted by Crippen LogP contribution is 2.28. The third kappa shape index (κ3) is 2.49. The second-order valence-electron chi connectivity index (χ2n) is 4.73. The first-order chi connectivity index (χ1) is 9.90. The zero-order valence-electron chi connectivity index (χ0n) is 11.6. The Hall–Kier alpha value is -2.70. The van der Waals surface area contributed by atoms with Crippen molar-refractivity contribution in [3.05, 3.63) is 29.8 Å². The molecule has 0 spiro atoms. The highest BCUT2D eigenvalue weighted by Gasteiger charge is 2.54. The van der Waals surface area contributed by atoms with Gasteiger partial charge in [0, 0.05) is 6.42 Å². The van der Waals surface area contributed by atoms with Gasteiger partial charge < -0.3 is 4.74 Å². The minimum Gasteiger partial charge on any atom is -0.497 e. The Bertz CT molecular complexity index is 618. The van der Waals surface area contributed by atoms with E-state index >= 15 is 0 Å². The van der Waals surface area contributed by atoms with Gasteiger partial charge in [0.1, 0.15) is 5.75 Å². The van der Waals surface area contributed by atoms with Crippen LogP contribution in [0.25, 0.3) is 0 Å². The first kappa shape index (κ1) is 14.7. The van der Waals surface area contributed by atoms with Gasteiger partial charge in [-0.05, 0) is 24.6 Å². The van der Waals surface area contributed by atoms with E-state index in [1.165, 1.54) is 7.11 Å². The number of ether oxygens (including phenoxy) is 1. The van der Waals surface area contributed by atoms with Gasteiger partial charge >= 0.3 is 6.03 Å². The molecular weight excluding hydrogens is 276 g/mol. The number of Topliss-reactive ketones (excluding diaryl/α,β-unsaturated/α-hetero) is 1. The Morgan fingerprint density at radius 2 is 1.81 bits per heavy atom. The van der Waals surface area contributed by atoms with Gasteiger partial charge in [-0.25, -0.2) is 4.79 Å². The number of urea groups is 1. The smallest absolute Gasteiger partial charge is 0.328 e. The SMILES string of the molecule is COc1cccc(CC2(C(C)=O)C(=O)NC(=O)NC2=O)c1. The molecule has 1 saturated heterocycles. The van der Waals surface area contributed by atoms with Crippen LogP contribution in [0.4, 0.5) is 4.79 Å². The van der Waals surface area contributed by atoms with E-state index in [4.69, 9.17) is 4.74 Å². The molecule has 7 nitrogen and oxygen atoms in total. The molecule has 4 amide bonds. The molecule has 1 aromatic carbocycles. The Balaban J connectivity index is 2.43. The van der Waals surface area contributed by atoms with E-state index in [1.807, 2.05) is 10.6 Å². The van der Waals surface area contributed by atoms with Gasteiger partial charge in [-0.2, -0.15) is 0 Å². The number of hydrogen-bond acceptors (Lipinski definition) is 5. The maximum atomic E-state index is 12.1. The van der Waals surface area contributed by atoms with Crippen LogP contribution in [-0.2, 0) is 20.8 Å². The summed E-state index contributed by atoms with van der Waals surface area (Å²) in [6, 6.07) is 5.76. The van der Waals surface area contributed by atoms with E-state index in [0.717, 1.165) is 6.92 Å². The van der Waals surface area contributed by atoms with Gasteiger partial charge in [0.05, 0.1) is 7.11 Å². The number of rotatable bonds is 4. The Kier molecular flexibility index (Phi) is 3.75. The van der Waals surface area contributed by atoms with Gasteiger partial charge in [0.25, 0.3) is 11.8 Å². The fourth-order valence-electron chi connectivity index (χ4n) is 2.25. The Morgan fingerprint density at radius 1 is 1.19 bits per heavy atom. The molecule has 2 N–H and O–H groups in total. The number of hydrogen-bond donors (Lipinski definition) is 2. The van der Waals surface area contributed by atoms with Crippen molar-refractivity contribution in [2.24, 2.45) is 5.41 Å². The summed E-state index contributed by atoms with van der Waals surface area (Å²) >= 11 is 0. The molecule has 0 saturated carbocycles. The zero-order chi connectivity index (χ0) is 15.6. The van der Waals surface area contributed by atoms with Crippen molar-refractivity contribution in [3.8, 4) is 5.75 Å². The molecule has 0 unspecified atom stereocenters. The number of amides is 4. The third-order valence-corrected chi connectivity index (χ3v) is 3.43. The van der Waals surface area contributed by atoms with Crippen molar-refractivity contribution < 1.29 is 23.9 Å². The summed E-state index contributed by atoms with van der Waals surface area (Å²) in [5.74, 6) is -1.91. The second kappa shape index (κ2) is 5.35. The molecular formula is C14H14N2O5. The molecule has 7 heteroatoms. The standard InChI is InChI=1S/C14H14N2O5/c1-8(17)14(11(18)15-13(20)16-12(14)19)7-9-4-3-5-10(6-9)21-2/h3-6H,7H2,1-2H3,(H2,15,16,18,19,20). The molecule has 0 radical (unpaired) electrons. The monoisotopic (exact) mass is 290 g/mol. The minimum atomic E-state index is -1.94. The fraction of sp³-hybridized carbons (Fsp3) is 0.286. The summed E-state index contributed by atoms with van der Waals surface area (Å²) in [6.45, 7) is 1.15. The first-order valence-electron chi connectivity index (χ1n) is 6.21. The van der Waals surface area contributed by atoms with E-state index in [-0.39, 0.29) is 6.42 Å². The van der Waals surface area contributed by atoms with Crippen LogP contribution in [-0.4, -0.2) is 30.7 Å². The van der Waals surface area contributed by atoms with Gasteiger partial charge in [-0.15, -0.1) is 0 Å². The molecule has 0 bridgehead atoms. The van der Waals surface area contributed by atoms with Crippen LogP contribution in [0.15, 0.2) is 24.3 Å².